The van der Waals surface area contributed by atoms with Gasteiger partial charge in [-0.2, -0.15) is 0 Å². The molecule has 0 radical (unpaired) electrons. The zero-order valence-electron chi connectivity index (χ0n) is 11.7. The van der Waals surface area contributed by atoms with Gasteiger partial charge in [0, 0.05) is 19.2 Å². The average Bonchev–Trinajstić information content (AvgIpc) is 2.80. The van der Waals surface area contributed by atoms with E-state index in [2.05, 4.69) is 0 Å². The first-order valence-corrected chi connectivity index (χ1v) is 6.57. The van der Waals surface area contributed by atoms with Crippen molar-refractivity contribution < 1.29 is 19.1 Å². The molecule has 1 atom stereocenters. The van der Waals surface area contributed by atoms with E-state index in [9.17, 15) is 14.0 Å². The number of carbonyl (C=O) groups excluding carboxylic acids is 1. The Balaban J connectivity index is 2.19. The molecule has 1 amide bonds. The van der Waals surface area contributed by atoms with Crippen molar-refractivity contribution in [3.05, 3.63) is 35.7 Å². The monoisotopic (exact) mass is 292 g/mol. The number of benzene rings is 1. The van der Waals surface area contributed by atoms with E-state index in [1.807, 2.05) is 0 Å². The summed E-state index contributed by atoms with van der Waals surface area (Å²) in [5, 5.41) is 8.55. The van der Waals surface area contributed by atoms with Gasteiger partial charge in [-0.15, -0.1) is 0 Å². The van der Waals surface area contributed by atoms with Crippen LogP contribution in [0.5, 0.6) is 0 Å². The maximum absolute atomic E-state index is 14.1. The van der Waals surface area contributed by atoms with Crippen LogP contribution in [0, 0.1) is 11.2 Å². The molecule has 0 aromatic heterocycles. The van der Waals surface area contributed by atoms with Crippen LogP contribution in [0.25, 0.3) is 6.08 Å². The van der Waals surface area contributed by atoms with Crippen molar-refractivity contribution in [2.75, 3.05) is 18.0 Å². The Morgan fingerprint density at radius 3 is 2.71 bits per heavy atom. The van der Waals surface area contributed by atoms with E-state index in [1.165, 1.54) is 12.1 Å². The lowest BCUT2D eigenvalue weighted by Gasteiger charge is -2.23. The molecule has 0 bridgehead atoms. The summed E-state index contributed by atoms with van der Waals surface area (Å²) in [6.07, 6.45) is 2.86. The Bertz CT molecular complexity index is 615. The van der Waals surface area contributed by atoms with E-state index in [0.717, 1.165) is 6.08 Å². The number of amides is 1. The minimum atomic E-state index is -1.09. The second kappa shape index (κ2) is 5.55. The van der Waals surface area contributed by atoms with Crippen LogP contribution in [0.2, 0.25) is 0 Å². The Kier molecular flexibility index (Phi) is 3.97. The highest BCUT2D eigenvalue weighted by atomic mass is 19.1. The lowest BCUT2D eigenvalue weighted by molar-refractivity contribution is -0.131. The fourth-order valence-electron chi connectivity index (χ4n) is 2.42. The fourth-order valence-corrected chi connectivity index (χ4v) is 2.42. The molecule has 0 spiro atoms. The van der Waals surface area contributed by atoms with Gasteiger partial charge in [0.25, 0.3) is 0 Å². The number of carbonyl (C=O) groups is 2. The summed E-state index contributed by atoms with van der Waals surface area (Å²) in [6.45, 7) is 2.71. The normalized spacial score (nSPS) is 21.9. The predicted octanol–water partition coefficient (Wildman–Crippen LogP) is 1.63. The number of carboxylic acids is 1. The van der Waals surface area contributed by atoms with Crippen LogP contribution in [0.4, 0.5) is 10.1 Å². The molecule has 6 heteroatoms. The molecule has 1 aliphatic rings. The van der Waals surface area contributed by atoms with Crippen molar-refractivity contribution in [3.8, 4) is 0 Å². The molecule has 1 saturated heterocycles. The second-order valence-electron chi connectivity index (χ2n) is 5.48. The van der Waals surface area contributed by atoms with Gasteiger partial charge >= 0.3 is 5.97 Å². The summed E-state index contributed by atoms with van der Waals surface area (Å²) < 4.78 is 14.1. The number of nitrogens with zero attached hydrogens (tertiary/aromatic N) is 1. The van der Waals surface area contributed by atoms with E-state index in [0.29, 0.717) is 30.8 Å². The topological polar surface area (TPSA) is 83.6 Å². The van der Waals surface area contributed by atoms with Crippen LogP contribution in [-0.2, 0) is 9.59 Å². The molecule has 21 heavy (non-hydrogen) atoms. The Hall–Kier alpha value is -2.37. The number of nitrogens with two attached hydrogens (primary N) is 1. The number of carboxylic acid groups (broad SMARTS) is 1. The van der Waals surface area contributed by atoms with Gasteiger partial charge in [-0.05, 0) is 37.1 Å². The maximum atomic E-state index is 14.1. The predicted molar refractivity (Wildman–Crippen MR) is 77.2 cm³/mol. The van der Waals surface area contributed by atoms with Crippen LogP contribution in [0.1, 0.15) is 18.9 Å². The molecule has 3 N–H and O–H groups in total. The SMILES string of the molecule is CC1(C(N)=O)CCN(c2ccc(/C=C/C(=O)O)cc2F)C1. The van der Waals surface area contributed by atoms with Crippen LogP contribution in [0.3, 0.4) is 0 Å². The first-order chi connectivity index (χ1) is 9.82. The average molecular weight is 292 g/mol. The van der Waals surface area contributed by atoms with E-state index in [-0.39, 0.29) is 5.91 Å². The first-order valence-electron chi connectivity index (χ1n) is 6.57. The molecule has 1 heterocycles. The summed E-state index contributed by atoms with van der Waals surface area (Å²) in [5.41, 5.74) is 5.60. The summed E-state index contributed by atoms with van der Waals surface area (Å²) >= 11 is 0. The molecule has 0 saturated carbocycles. The fraction of sp³-hybridized carbons (Fsp3) is 0.333. The van der Waals surface area contributed by atoms with Gasteiger partial charge in [0.2, 0.25) is 5.91 Å². The summed E-state index contributed by atoms with van der Waals surface area (Å²) in [6, 6.07) is 4.50. The minimum Gasteiger partial charge on any atom is -0.478 e. The lowest BCUT2D eigenvalue weighted by atomic mass is 9.89. The highest BCUT2D eigenvalue weighted by Crippen LogP contribution is 2.34. The molecule has 1 fully saturated rings. The van der Waals surface area contributed by atoms with Crippen molar-refractivity contribution in [1.29, 1.82) is 0 Å². The molecule has 0 aliphatic carbocycles. The number of hydrogen-bond donors (Lipinski definition) is 2. The standard InChI is InChI=1S/C15H17FN2O3/c1-15(14(17)21)6-7-18(9-15)12-4-2-10(8-11(12)16)3-5-13(19)20/h2-5,8H,6-7,9H2,1H3,(H2,17,21)(H,19,20)/b5-3+. The highest BCUT2D eigenvalue weighted by molar-refractivity contribution is 5.85. The molecular formula is C15H17FN2O3. The van der Waals surface area contributed by atoms with Crippen molar-refractivity contribution in [2.24, 2.45) is 11.1 Å². The summed E-state index contributed by atoms with van der Waals surface area (Å²) in [4.78, 5) is 23.6. The van der Waals surface area contributed by atoms with Crippen LogP contribution in [0.15, 0.2) is 24.3 Å². The highest BCUT2D eigenvalue weighted by Gasteiger charge is 2.39. The Morgan fingerprint density at radius 1 is 1.48 bits per heavy atom. The van der Waals surface area contributed by atoms with Gasteiger partial charge in [-0.1, -0.05) is 6.07 Å². The van der Waals surface area contributed by atoms with E-state index in [4.69, 9.17) is 10.8 Å². The molecule has 5 nitrogen and oxygen atoms in total. The molecule has 2 rings (SSSR count). The van der Waals surface area contributed by atoms with Crippen molar-refractivity contribution in [2.45, 2.75) is 13.3 Å². The van der Waals surface area contributed by atoms with Crippen molar-refractivity contribution >= 4 is 23.6 Å². The number of aliphatic carboxylic acids is 1. The van der Waals surface area contributed by atoms with E-state index >= 15 is 0 Å². The number of rotatable bonds is 4. The first kappa shape index (κ1) is 15.0. The second-order valence-corrected chi connectivity index (χ2v) is 5.48. The van der Waals surface area contributed by atoms with Crippen molar-refractivity contribution in [3.63, 3.8) is 0 Å². The van der Waals surface area contributed by atoms with Gasteiger partial charge < -0.3 is 15.7 Å². The molecule has 1 aliphatic heterocycles. The Morgan fingerprint density at radius 2 is 2.19 bits per heavy atom. The van der Waals surface area contributed by atoms with Gasteiger partial charge in [-0.25, -0.2) is 9.18 Å². The molecule has 112 valence electrons. The van der Waals surface area contributed by atoms with E-state index < -0.39 is 17.2 Å². The summed E-state index contributed by atoms with van der Waals surface area (Å²) in [5.74, 6) is -1.92. The molecule has 1 unspecified atom stereocenters. The smallest absolute Gasteiger partial charge is 0.328 e. The maximum Gasteiger partial charge on any atom is 0.328 e. The third kappa shape index (κ3) is 3.21. The lowest BCUT2D eigenvalue weighted by Crippen LogP contribution is -2.37. The quantitative estimate of drug-likeness (QED) is 0.826. The van der Waals surface area contributed by atoms with Crippen LogP contribution in [-0.4, -0.2) is 30.1 Å². The molecular weight excluding hydrogens is 275 g/mol. The van der Waals surface area contributed by atoms with Crippen molar-refractivity contribution in [1.82, 2.24) is 0 Å². The minimum absolute atomic E-state index is 0.379. The summed E-state index contributed by atoms with van der Waals surface area (Å²) in [7, 11) is 0. The van der Waals surface area contributed by atoms with Crippen LogP contribution >= 0.6 is 0 Å². The van der Waals surface area contributed by atoms with Gasteiger partial charge in [0.05, 0.1) is 11.1 Å². The number of anilines is 1. The van der Waals surface area contributed by atoms with Gasteiger partial charge in [0.1, 0.15) is 5.82 Å². The van der Waals surface area contributed by atoms with Gasteiger partial charge in [-0.3, -0.25) is 4.79 Å². The van der Waals surface area contributed by atoms with Crippen LogP contribution < -0.4 is 10.6 Å². The zero-order valence-corrected chi connectivity index (χ0v) is 11.7. The molecule has 1 aromatic carbocycles. The number of primary amides is 1. The van der Waals surface area contributed by atoms with Gasteiger partial charge in [0.15, 0.2) is 0 Å². The zero-order chi connectivity index (χ0) is 15.6. The third-order valence-corrected chi connectivity index (χ3v) is 3.80. The number of hydrogen-bond acceptors (Lipinski definition) is 3. The largest absolute Gasteiger partial charge is 0.478 e. The van der Waals surface area contributed by atoms with E-state index in [1.54, 1.807) is 24.0 Å². The third-order valence-electron chi connectivity index (χ3n) is 3.80. The Labute approximate surface area is 121 Å². The number of halogens is 1. The molecule has 1 aromatic rings.